The number of fused-ring (bicyclic) bond motifs is 1. The molecule has 0 unspecified atom stereocenters. The van der Waals surface area contributed by atoms with E-state index < -0.39 is 0 Å². The van der Waals surface area contributed by atoms with Crippen molar-refractivity contribution in [3.05, 3.63) is 35.3 Å². The number of rotatable bonds is 3. The fraction of sp³-hybridized carbons (Fsp3) is 0.353. The number of benzene rings is 1. The second-order valence-electron chi connectivity index (χ2n) is 6.15. The van der Waals surface area contributed by atoms with Crippen LogP contribution in [0.15, 0.2) is 29.6 Å². The molecule has 2 amide bonds. The first-order valence-corrected chi connectivity index (χ1v) is 8.74. The number of nitrogens with zero attached hydrogens (tertiary/aromatic N) is 2. The minimum Gasteiger partial charge on any atom is -0.379 e. The highest BCUT2D eigenvalue weighted by molar-refractivity contribution is 7.14. The number of hydrogen-bond donors (Lipinski definition) is 2. The normalized spacial score (nSPS) is 16.5. The molecule has 1 aliphatic rings. The van der Waals surface area contributed by atoms with Gasteiger partial charge < -0.3 is 15.5 Å². The van der Waals surface area contributed by atoms with Crippen molar-refractivity contribution in [2.24, 2.45) is 5.92 Å². The van der Waals surface area contributed by atoms with E-state index in [1.54, 1.807) is 10.3 Å². The summed E-state index contributed by atoms with van der Waals surface area (Å²) in [5, 5.41) is 8.23. The summed E-state index contributed by atoms with van der Waals surface area (Å²) in [5.74, 6) is 0.0391. The molecular formula is C17H20N4O2S. The number of carbonyl (C=O) groups excluding carboxylic acids is 2. The van der Waals surface area contributed by atoms with Gasteiger partial charge in [-0.15, -0.1) is 11.3 Å². The Balaban J connectivity index is 1.90. The Morgan fingerprint density at radius 2 is 2.12 bits per heavy atom. The summed E-state index contributed by atoms with van der Waals surface area (Å²) >= 11 is 1.25. The minimum absolute atomic E-state index is 0.151. The Kier molecular flexibility index (Phi) is 4.53. The van der Waals surface area contributed by atoms with Crippen LogP contribution < -0.4 is 15.5 Å². The fourth-order valence-corrected chi connectivity index (χ4v) is 3.39. The topological polar surface area (TPSA) is 74.3 Å². The van der Waals surface area contributed by atoms with Crippen molar-refractivity contribution in [2.45, 2.75) is 26.8 Å². The predicted molar refractivity (Wildman–Crippen MR) is 96.8 cm³/mol. The first kappa shape index (κ1) is 16.4. The van der Waals surface area contributed by atoms with Gasteiger partial charge in [-0.25, -0.2) is 4.98 Å². The lowest BCUT2D eigenvalue weighted by atomic mass is 9.99. The average molecular weight is 344 g/mol. The Labute approximate surface area is 144 Å². The quantitative estimate of drug-likeness (QED) is 0.897. The van der Waals surface area contributed by atoms with Crippen molar-refractivity contribution in [2.75, 3.05) is 22.1 Å². The summed E-state index contributed by atoms with van der Waals surface area (Å²) in [6.45, 7) is 6.27. The Bertz CT molecular complexity index is 771. The van der Waals surface area contributed by atoms with E-state index in [9.17, 15) is 9.59 Å². The van der Waals surface area contributed by atoms with Crippen LogP contribution in [0.2, 0.25) is 0 Å². The van der Waals surface area contributed by atoms with E-state index in [0.717, 1.165) is 11.4 Å². The van der Waals surface area contributed by atoms with E-state index in [-0.39, 0.29) is 17.9 Å². The molecule has 2 N–H and O–H groups in total. The molecule has 1 aromatic heterocycles. The van der Waals surface area contributed by atoms with Crippen LogP contribution in [-0.4, -0.2) is 29.4 Å². The SMILES string of the molecule is CC(=O)Nc1nc(C(=O)N2C[C@H](C(C)C)Nc3ccccc32)cs1. The smallest absolute Gasteiger partial charge is 0.277 e. The van der Waals surface area contributed by atoms with Crippen molar-refractivity contribution in [3.63, 3.8) is 0 Å². The number of nitrogens with one attached hydrogen (secondary N) is 2. The number of aromatic nitrogens is 1. The van der Waals surface area contributed by atoms with Gasteiger partial charge in [0.1, 0.15) is 5.69 Å². The summed E-state index contributed by atoms with van der Waals surface area (Å²) in [7, 11) is 0. The molecule has 24 heavy (non-hydrogen) atoms. The highest BCUT2D eigenvalue weighted by Crippen LogP contribution is 2.33. The molecule has 1 atom stereocenters. The van der Waals surface area contributed by atoms with E-state index in [1.165, 1.54) is 18.3 Å². The maximum atomic E-state index is 13.0. The summed E-state index contributed by atoms with van der Waals surface area (Å²) in [4.78, 5) is 30.1. The van der Waals surface area contributed by atoms with E-state index in [0.29, 0.717) is 23.3 Å². The molecule has 0 radical (unpaired) electrons. The van der Waals surface area contributed by atoms with Gasteiger partial charge in [0, 0.05) is 24.9 Å². The Hall–Kier alpha value is -2.41. The van der Waals surface area contributed by atoms with Gasteiger partial charge >= 0.3 is 0 Å². The molecule has 0 saturated heterocycles. The minimum atomic E-state index is -0.198. The molecule has 0 aliphatic carbocycles. The molecule has 1 aliphatic heterocycles. The van der Waals surface area contributed by atoms with Crippen molar-refractivity contribution in [3.8, 4) is 0 Å². The van der Waals surface area contributed by atoms with Crippen LogP contribution in [0, 0.1) is 5.92 Å². The fourth-order valence-electron chi connectivity index (χ4n) is 2.66. The molecule has 0 bridgehead atoms. The van der Waals surface area contributed by atoms with Crippen LogP contribution in [0.3, 0.4) is 0 Å². The number of anilines is 3. The van der Waals surface area contributed by atoms with Gasteiger partial charge in [0.25, 0.3) is 5.91 Å². The van der Waals surface area contributed by atoms with Crippen LogP contribution in [0.25, 0.3) is 0 Å². The number of para-hydroxylation sites is 2. The van der Waals surface area contributed by atoms with Crippen LogP contribution in [0.1, 0.15) is 31.3 Å². The van der Waals surface area contributed by atoms with Crippen LogP contribution in [0.4, 0.5) is 16.5 Å². The molecule has 2 heterocycles. The van der Waals surface area contributed by atoms with Crippen LogP contribution in [-0.2, 0) is 4.79 Å². The maximum absolute atomic E-state index is 13.0. The molecule has 6 nitrogen and oxygen atoms in total. The van der Waals surface area contributed by atoms with Crippen LogP contribution in [0.5, 0.6) is 0 Å². The van der Waals surface area contributed by atoms with Gasteiger partial charge in [0.15, 0.2) is 5.13 Å². The molecular weight excluding hydrogens is 324 g/mol. The molecule has 1 aromatic carbocycles. The summed E-state index contributed by atoms with van der Waals surface area (Å²) in [6.07, 6.45) is 0. The molecule has 2 aromatic rings. The first-order chi connectivity index (χ1) is 11.5. The van der Waals surface area contributed by atoms with E-state index >= 15 is 0 Å². The van der Waals surface area contributed by atoms with Gasteiger partial charge in [-0.2, -0.15) is 0 Å². The lowest BCUT2D eigenvalue weighted by molar-refractivity contribution is -0.114. The summed E-state index contributed by atoms with van der Waals surface area (Å²) < 4.78 is 0. The first-order valence-electron chi connectivity index (χ1n) is 7.86. The van der Waals surface area contributed by atoms with Gasteiger partial charge in [-0.05, 0) is 18.1 Å². The largest absolute Gasteiger partial charge is 0.379 e. The van der Waals surface area contributed by atoms with E-state index in [2.05, 4.69) is 29.5 Å². The maximum Gasteiger partial charge on any atom is 0.277 e. The Morgan fingerprint density at radius 3 is 2.83 bits per heavy atom. The third kappa shape index (κ3) is 3.26. The van der Waals surface area contributed by atoms with Crippen LogP contribution >= 0.6 is 11.3 Å². The zero-order chi connectivity index (χ0) is 17.3. The third-order valence-electron chi connectivity index (χ3n) is 3.97. The van der Waals surface area contributed by atoms with Gasteiger partial charge in [0.2, 0.25) is 5.91 Å². The lowest BCUT2D eigenvalue weighted by Crippen LogP contribution is -2.47. The van der Waals surface area contributed by atoms with E-state index in [4.69, 9.17) is 0 Å². The summed E-state index contributed by atoms with van der Waals surface area (Å²) in [5.41, 5.74) is 2.16. The Morgan fingerprint density at radius 1 is 1.38 bits per heavy atom. The third-order valence-corrected chi connectivity index (χ3v) is 4.73. The molecule has 3 rings (SSSR count). The molecule has 0 fully saturated rings. The highest BCUT2D eigenvalue weighted by atomic mass is 32.1. The lowest BCUT2D eigenvalue weighted by Gasteiger charge is -2.37. The second-order valence-corrected chi connectivity index (χ2v) is 7.00. The number of hydrogen-bond acceptors (Lipinski definition) is 5. The zero-order valence-electron chi connectivity index (χ0n) is 13.9. The second kappa shape index (κ2) is 6.60. The van der Waals surface area contributed by atoms with Crippen molar-refractivity contribution >= 4 is 39.7 Å². The molecule has 126 valence electrons. The predicted octanol–water partition coefficient (Wildman–Crippen LogP) is 3.20. The number of carbonyl (C=O) groups is 2. The van der Waals surface area contributed by atoms with Crippen molar-refractivity contribution < 1.29 is 9.59 Å². The molecule has 0 spiro atoms. The molecule has 0 saturated carbocycles. The van der Waals surface area contributed by atoms with E-state index in [1.807, 2.05) is 24.3 Å². The van der Waals surface area contributed by atoms with Gasteiger partial charge in [-0.1, -0.05) is 26.0 Å². The highest BCUT2D eigenvalue weighted by Gasteiger charge is 2.31. The number of thiazole rings is 1. The standard InChI is InChI=1S/C17H20N4O2S/c1-10(2)13-8-21(15-7-5-4-6-12(15)19-13)16(23)14-9-24-17(20-14)18-11(3)22/h4-7,9-10,13,19H,8H2,1-3H3,(H,18,20,22)/t13-/m1/s1. The van der Waals surface area contributed by atoms with Crippen molar-refractivity contribution in [1.82, 2.24) is 4.98 Å². The monoisotopic (exact) mass is 344 g/mol. The number of amides is 2. The van der Waals surface area contributed by atoms with Gasteiger partial charge in [-0.3, -0.25) is 9.59 Å². The van der Waals surface area contributed by atoms with Gasteiger partial charge in [0.05, 0.1) is 11.4 Å². The summed E-state index contributed by atoms with van der Waals surface area (Å²) in [6, 6.07) is 7.96. The van der Waals surface area contributed by atoms with Crippen molar-refractivity contribution in [1.29, 1.82) is 0 Å². The average Bonchev–Trinajstić information content (AvgIpc) is 3.00. The molecule has 7 heteroatoms. The zero-order valence-corrected chi connectivity index (χ0v) is 14.7.